The molecule has 0 atom stereocenters. The number of fused-ring (bicyclic) bond motifs is 2. The van der Waals surface area contributed by atoms with Crippen molar-refractivity contribution < 1.29 is 137 Å². The van der Waals surface area contributed by atoms with E-state index in [4.69, 9.17) is 0 Å². The van der Waals surface area contributed by atoms with Crippen molar-refractivity contribution >= 4 is 80.6 Å². The largest absolute Gasteiger partial charge is 1.00 e. The molecule has 4 aromatic rings. The normalized spacial score (nSPS) is 11.8. The van der Waals surface area contributed by atoms with Gasteiger partial charge in [-0.05, 0) is 35.7 Å². The fourth-order valence-corrected chi connectivity index (χ4v) is 5.29. The molecule has 0 amide bonds. The second-order valence-corrected chi connectivity index (χ2v) is 11.4. The van der Waals surface area contributed by atoms with Crippen LogP contribution >= 0.6 is 0 Å². The zero-order valence-electron chi connectivity index (χ0n) is 23.7. The van der Waals surface area contributed by atoms with Crippen LogP contribution in [0.15, 0.2) is 85.6 Å². The number of nitrogens with zero attached hydrogens (tertiary/aromatic N) is 2. The Morgan fingerprint density at radius 2 is 1.18 bits per heavy atom. The Balaban J connectivity index is -0.00000103. The summed E-state index contributed by atoms with van der Waals surface area (Å²) in [6, 6.07) is 12.1. The Kier molecular flexibility index (Phi) is 14.5. The summed E-state index contributed by atoms with van der Waals surface area (Å²) in [5.41, 5.74) is -0.382. The van der Waals surface area contributed by atoms with Gasteiger partial charge in [0.05, 0.1) is 10.6 Å². The zero-order chi connectivity index (χ0) is 25.8. The predicted octanol–water partition coefficient (Wildman–Crippen LogP) is -5.18. The first-order valence-corrected chi connectivity index (χ1v) is 13.7. The standard InChI is InChI=1S/C20H14N2O10S3.Al.3Na.3H/c23-20-18(35(30,31)32)10-11-9-12(33(24,25)26)5-6-13(11)19(20)22-21-16-7-8-17(34(27,28)29)15-4-2-1-3-14(15)16;;;;;;;/h1-10,23H,(H,24,25,26)(H,27,28,29)(H,30,31,32);;;;;;;/q;;3*+1;3*-1. The molecule has 19 heteroatoms. The Morgan fingerprint density at radius 1 is 0.615 bits per heavy atom. The summed E-state index contributed by atoms with van der Waals surface area (Å²) in [7, 11) is -14.2. The van der Waals surface area contributed by atoms with Gasteiger partial charge in [0.25, 0.3) is 30.4 Å². The molecule has 3 radical (unpaired) electrons. The molecule has 0 saturated heterocycles. The number of benzene rings is 4. The molecule has 4 N–H and O–H groups in total. The van der Waals surface area contributed by atoms with Crippen LogP contribution in [0, 0.1) is 0 Å². The summed E-state index contributed by atoms with van der Waals surface area (Å²) in [6.45, 7) is 0. The molecule has 0 aliphatic carbocycles. The van der Waals surface area contributed by atoms with Gasteiger partial charge in [-0.3, -0.25) is 13.7 Å². The van der Waals surface area contributed by atoms with Gasteiger partial charge in [-0.2, -0.15) is 25.3 Å². The molecule has 12 nitrogen and oxygen atoms in total. The quantitative estimate of drug-likeness (QED) is 0.0929. The van der Waals surface area contributed by atoms with Gasteiger partial charge in [0.15, 0.2) is 5.75 Å². The van der Waals surface area contributed by atoms with E-state index in [1.807, 2.05) is 0 Å². The molecule has 0 aromatic heterocycles. The van der Waals surface area contributed by atoms with Gasteiger partial charge in [0.2, 0.25) is 0 Å². The average Bonchev–Trinajstić information content (AvgIpc) is 2.75. The van der Waals surface area contributed by atoms with Crippen LogP contribution in [0.2, 0.25) is 0 Å². The van der Waals surface area contributed by atoms with Gasteiger partial charge in [-0.25, -0.2) is 0 Å². The molecule has 39 heavy (non-hydrogen) atoms. The Bertz CT molecular complexity index is 1920. The van der Waals surface area contributed by atoms with Crippen molar-refractivity contribution in [3.05, 3.63) is 60.7 Å². The van der Waals surface area contributed by atoms with Crippen LogP contribution in [0.3, 0.4) is 0 Å². The van der Waals surface area contributed by atoms with Crippen molar-refractivity contribution in [3.8, 4) is 5.75 Å². The van der Waals surface area contributed by atoms with E-state index in [-0.39, 0.29) is 142 Å². The molecule has 0 spiro atoms. The zero-order valence-corrected chi connectivity index (χ0v) is 30.3. The van der Waals surface area contributed by atoms with Crippen LogP contribution in [0.4, 0.5) is 11.4 Å². The maximum Gasteiger partial charge on any atom is 1.00 e. The summed E-state index contributed by atoms with van der Waals surface area (Å²) < 4.78 is 98.2. The smallest absolute Gasteiger partial charge is 1.00 e. The van der Waals surface area contributed by atoms with E-state index in [1.54, 1.807) is 6.07 Å². The summed E-state index contributed by atoms with van der Waals surface area (Å²) >= 11 is 0. The molecular formula is C20H17AlN2Na3O10S3. The third kappa shape index (κ3) is 8.56. The van der Waals surface area contributed by atoms with Crippen LogP contribution in [-0.2, 0) is 30.4 Å². The summed E-state index contributed by atoms with van der Waals surface area (Å²) in [4.78, 5) is -1.95. The maximum atomic E-state index is 11.8. The van der Waals surface area contributed by atoms with Crippen LogP contribution in [-0.4, -0.2) is 61.4 Å². The van der Waals surface area contributed by atoms with Gasteiger partial charge in [0, 0.05) is 33.5 Å². The monoisotopic (exact) mass is 637 g/mol. The number of azo groups is 1. The van der Waals surface area contributed by atoms with Crippen molar-refractivity contribution in [2.45, 2.75) is 14.7 Å². The van der Waals surface area contributed by atoms with E-state index in [2.05, 4.69) is 10.2 Å². The van der Waals surface area contributed by atoms with E-state index in [0.717, 1.165) is 30.3 Å². The number of hydrogen-bond acceptors (Lipinski definition) is 9. The van der Waals surface area contributed by atoms with E-state index < -0.39 is 51.6 Å². The summed E-state index contributed by atoms with van der Waals surface area (Å²) in [6.07, 6.45) is 0. The average molecular weight is 638 g/mol. The van der Waals surface area contributed by atoms with Crippen LogP contribution in [0.25, 0.3) is 21.5 Å². The van der Waals surface area contributed by atoms with Crippen LogP contribution < -0.4 is 88.7 Å². The molecule has 4 aromatic carbocycles. The fraction of sp³-hybridized carbons (Fsp3) is 0. The van der Waals surface area contributed by atoms with E-state index >= 15 is 0 Å². The minimum absolute atomic E-state index is 0. The van der Waals surface area contributed by atoms with Crippen molar-refractivity contribution in [1.29, 1.82) is 0 Å². The van der Waals surface area contributed by atoms with Crippen molar-refractivity contribution in [2.24, 2.45) is 10.2 Å². The molecule has 0 saturated carbocycles. The van der Waals surface area contributed by atoms with Gasteiger partial charge in [-0.15, -0.1) is 10.2 Å². The molecule has 0 bridgehead atoms. The van der Waals surface area contributed by atoms with Crippen molar-refractivity contribution in [2.75, 3.05) is 0 Å². The second-order valence-electron chi connectivity index (χ2n) is 7.21. The summed E-state index contributed by atoms with van der Waals surface area (Å²) in [5.74, 6) is -0.984. The molecule has 0 fully saturated rings. The predicted molar refractivity (Wildman–Crippen MR) is 132 cm³/mol. The minimum Gasteiger partial charge on any atom is -1.00 e. The number of rotatable bonds is 5. The Morgan fingerprint density at radius 3 is 1.72 bits per heavy atom. The SMILES string of the molecule is O=S(=O)(O)c1ccc2c(N=Nc3ccc(S(=O)(=O)O)c4ccccc34)c(O)c(S(=O)(=O)O)cc2c1.[Al].[H-].[H-].[H-].[Na+].[Na+].[Na+]. The maximum absolute atomic E-state index is 11.8. The first-order valence-electron chi connectivity index (χ1n) is 9.33. The number of aromatic hydroxyl groups is 1. The van der Waals surface area contributed by atoms with Gasteiger partial charge in [0.1, 0.15) is 15.5 Å². The summed E-state index contributed by atoms with van der Waals surface area (Å²) in [5, 5.41) is 18.6. The third-order valence-corrected chi connectivity index (χ3v) is 7.62. The minimum atomic E-state index is -4.99. The molecule has 191 valence electrons. The van der Waals surface area contributed by atoms with Gasteiger partial charge in [-0.1, -0.05) is 30.3 Å². The fourth-order valence-electron chi connectivity index (χ4n) is 3.46. The van der Waals surface area contributed by atoms with Crippen LogP contribution in [0.1, 0.15) is 4.28 Å². The van der Waals surface area contributed by atoms with E-state index in [9.17, 15) is 44.0 Å². The Labute approximate surface area is 305 Å². The first kappa shape index (κ1) is 39.1. The molecule has 4 rings (SSSR count). The van der Waals surface area contributed by atoms with Crippen LogP contribution in [0.5, 0.6) is 5.75 Å². The van der Waals surface area contributed by atoms with Gasteiger partial charge >= 0.3 is 88.7 Å². The molecule has 0 heterocycles. The number of phenols is 1. The number of phenolic OH excluding ortho intramolecular Hbond substituents is 1. The first-order chi connectivity index (χ1) is 16.2. The van der Waals surface area contributed by atoms with E-state index in [1.165, 1.54) is 24.3 Å². The number of hydrogen-bond donors (Lipinski definition) is 4. The second kappa shape index (κ2) is 14.5. The molecule has 0 unspecified atom stereocenters. The van der Waals surface area contributed by atoms with E-state index in [0.29, 0.717) is 0 Å². The third-order valence-electron chi connectivity index (χ3n) is 4.99. The topological polar surface area (TPSA) is 208 Å². The molecular weight excluding hydrogens is 620 g/mol. The molecule has 0 aliphatic heterocycles. The van der Waals surface area contributed by atoms with Gasteiger partial charge < -0.3 is 9.39 Å². The molecule has 0 aliphatic rings. The Hall–Kier alpha value is 0.0625. The van der Waals surface area contributed by atoms with Crippen molar-refractivity contribution in [1.82, 2.24) is 0 Å². The van der Waals surface area contributed by atoms with Crippen molar-refractivity contribution in [3.63, 3.8) is 0 Å².